The first-order valence-corrected chi connectivity index (χ1v) is 11.7. The van der Waals surface area contributed by atoms with Crippen molar-refractivity contribution >= 4 is 29.7 Å². The van der Waals surface area contributed by atoms with E-state index in [4.69, 9.17) is 25.2 Å². The van der Waals surface area contributed by atoms with Gasteiger partial charge in [0.1, 0.15) is 5.82 Å². The molecule has 186 valence electrons. The molecule has 2 aromatic heterocycles. The van der Waals surface area contributed by atoms with Gasteiger partial charge in [-0.25, -0.2) is 19.7 Å². The van der Waals surface area contributed by atoms with Crippen LogP contribution in [0, 0.1) is 0 Å². The number of fused-ring (bicyclic) bond motifs is 1. The summed E-state index contributed by atoms with van der Waals surface area (Å²) in [5.41, 5.74) is 8.32. The first kappa shape index (κ1) is 23.0. The average molecular weight is 484 g/mol. The lowest BCUT2D eigenvalue weighted by molar-refractivity contribution is -0.123. The third-order valence-electron chi connectivity index (χ3n) is 6.58. The highest BCUT2D eigenvalue weighted by molar-refractivity contribution is 5.80. The van der Waals surface area contributed by atoms with E-state index in [1.165, 1.54) is 7.05 Å². The Bertz CT molecular complexity index is 1110. The maximum Gasteiger partial charge on any atom is 0.410 e. The Hall–Kier alpha value is -3.74. The molecule has 0 spiro atoms. The molecule has 0 saturated carbocycles. The second kappa shape index (κ2) is 9.49. The lowest BCUT2D eigenvalue weighted by Crippen LogP contribution is -2.61. The van der Waals surface area contributed by atoms with E-state index in [1.54, 1.807) is 17.3 Å². The van der Waals surface area contributed by atoms with Crippen molar-refractivity contribution in [2.24, 2.45) is 0 Å². The summed E-state index contributed by atoms with van der Waals surface area (Å²) in [6, 6.07) is 0.241. The number of nitrogens with two attached hydrogens (primary N) is 1. The Balaban J connectivity index is 1.40. The van der Waals surface area contributed by atoms with E-state index in [-0.39, 0.29) is 30.5 Å². The van der Waals surface area contributed by atoms with Crippen LogP contribution >= 0.6 is 0 Å². The molecule has 5 rings (SSSR count). The number of amides is 2. The molecule has 0 radical (unpaired) electrons. The van der Waals surface area contributed by atoms with E-state index in [0.29, 0.717) is 38.8 Å². The fraction of sp³-hybridized carbons (Fsp3) is 0.545. The number of aromatic nitrogens is 4. The predicted molar refractivity (Wildman–Crippen MR) is 127 cm³/mol. The van der Waals surface area contributed by atoms with Crippen molar-refractivity contribution in [1.82, 2.24) is 30.2 Å². The number of hydrogen-bond donors (Lipinski definition) is 2. The van der Waals surface area contributed by atoms with Gasteiger partial charge < -0.3 is 35.2 Å². The number of nitrogen functional groups attached to an aromatic ring is 1. The van der Waals surface area contributed by atoms with E-state index in [9.17, 15) is 9.59 Å². The van der Waals surface area contributed by atoms with Crippen LogP contribution in [0.3, 0.4) is 0 Å². The lowest BCUT2D eigenvalue weighted by Gasteiger charge is -2.44. The van der Waals surface area contributed by atoms with E-state index in [1.807, 2.05) is 0 Å². The largest absolute Gasteiger partial charge is 0.439 e. The molecule has 3 aliphatic heterocycles. The zero-order chi connectivity index (χ0) is 24.5. The number of likely N-dealkylation sites (tertiary alicyclic amines) is 1. The molecule has 5 heterocycles. The summed E-state index contributed by atoms with van der Waals surface area (Å²) in [5.74, 6) is 1.37. The molecule has 1 unspecified atom stereocenters. The van der Waals surface area contributed by atoms with E-state index in [0.717, 1.165) is 35.6 Å². The van der Waals surface area contributed by atoms with Crippen LogP contribution in [0.2, 0.25) is 0 Å². The predicted octanol–water partition coefficient (Wildman–Crippen LogP) is -0.330. The van der Waals surface area contributed by atoms with Crippen LogP contribution in [0.25, 0.3) is 11.3 Å². The van der Waals surface area contributed by atoms with E-state index < -0.39 is 6.09 Å². The van der Waals surface area contributed by atoms with Crippen LogP contribution in [-0.4, -0.2) is 102 Å². The van der Waals surface area contributed by atoms with Gasteiger partial charge in [0.25, 0.3) is 5.91 Å². The summed E-state index contributed by atoms with van der Waals surface area (Å²) in [6.07, 6.45) is 3.65. The molecule has 0 aromatic carbocycles. The van der Waals surface area contributed by atoms with Gasteiger partial charge in [-0.05, 0) is 13.3 Å². The lowest BCUT2D eigenvalue weighted by atomic mass is 10.1. The molecule has 2 fully saturated rings. The molecule has 3 N–H and O–H groups in total. The Morgan fingerprint density at radius 3 is 2.69 bits per heavy atom. The van der Waals surface area contributed by atoms with Crippen molar-refractivity contribution in [2.45, 2.75) is 25.4 Å². The highest BCUT2D eigenvalue weighted by Gasteiger charge is 2.40. The average Bonchev–Trinajstić information content (AvgIpc) is 3.25. The van der Waals surface area contributed by atoms with Crippen molar-refractivity contribution in [3.63, 3.8) is 0 Å². The van der Waals surface area contributed by atoms with Crippen LogP contribution in [0.5, 0.6) is 0 Å². The van der Waals surface area contributed by atoms with Gasteiger partial charge in [-0.1, -0.05) is 0 Å². The van der Waals surface area contributed by atoms with Gasteiger partial charge in [0.05, 0.1) is 31.0 Å². The quantitative estimate of drug-likeness (QED) is 0.575. The van der Waals surface area contributed by atoms with Gasteiger partial charge in [0.15, 0.2) is 6.61 Å². The Labute approximate surface area is 202 Å². The number of morpholine rings is 1. The normalized spacial score (nSPS) is 19.8. The number of ether oxygens (including phenoxy) is 2. The Kier molecular flexibility index (Phi) is 6.24. The summed E-state index contributed by atoms with van der Waals surface area (Å²) in [4.78, 5) is 47.8. The molecule has 35 heavy (non-hydrogen) atoms. The third-order valence-corrected chi connectivity index (χ3v) is 6.58. The first-order chi connectivity index (χ1) is 16.9. The highest BCUT2D eigenvalue weighted by atomic mass is 16.6. The second-order valence-corrected chi connectivity index (χ2v) is 8.85. The maximum absolute atomic E-state index is 12.3. The second-order valence-electron chi connectivity index (χ2n) is 8.85. The van der Waals surface area contributed by atoms with Crippen LogP contribution in [0.4, 0.5) is 22.5 Å². The zero-order valence-electron chi connectivity index (χ0n) is 19.8. The van der Waals surface area contributed by atoms with Crippen molar-refractivity contribution in [1.29, 1.82) is 0 Å². The van der Waals surface area contributed by atoms with Crippen molar-refractivity contribution in [3.05, 3.63) is 18.0 Å². The molecule has 13 nitrogen and oxygen atoms in total. The van der Waals surface area contributed by atoms with Crippen LogP contribution in [0.15, 0.2) is 12.4 Å². The van der Waals surface area contributed by atoms with Crippen molar-refractivity contribution in [3.8, 4) is 11.3 Å². The summed E-state index contributed by atoms with van der Waals surface area (Å²) in [5, 5.41) is 2.43. The van der Waals surface area contributed by atoms with Crippen LogP contribution in [-0.2, 0) is 20.7 Å². The van der Waals surface area contributed by atoms with Gasteiger partial charge >= 0.3 is 6.09 Å². The number of anilines is 3. The number of nitrogens with zero attached hydrogens (tertiary/aromatic N) is 7. The molecule has 2 amide bonds. The van der Waals surface area contributed by atoms with Crippen molar-refractivity contribution in [2.75, 3.05) is 68.6 Å². The molecule has 2 aromatic rings. The number of carbonyl (C=O) groups is 2. The van der Waals surface area contributed by atoms with Crippen LogP contribution in [0.1, 0.15) is 12.5 Å². The summed E-state index contributed by atoms with van der Waals surface area (Å²) in [7, 11) is 1.50. The van der Waals surface area contributed by atoms with Gasteiger partial charge in [-0.2, -0.15) is 4.98 Å². The number of nitrogens with one attached hydrogen (secondary N) is 1. The number of carbonyl (C=O) groups excluding carboxylic acids is 2. The standard InChI is InChI=1S/C22H29N9O4/c1-13-11-34-6-5-30(13)21-27-18(14-7-25-20(23)26-8-14)16-3-4-31(19(16)28-21)15-9-29(10-15)22(33)35-12-17(32)24-2/h7-8,13,15H,3-6,9-12H2,1-2H3,(H,24,32)(H2,23,25,26). The number of hydrogen-bond acceptors (Lipinski definition) is 11. The molecule has 0 bridgehead atoms. The molecule has 0 aliphatic carbocycles. The summed E-state index contributed by atoms with van der Waals surface area (Å²) in [6.45, 7) is 5.49. The minimum absolute atomic E-state index is 0.101. The Morgan fingerprint density at radius 2 is 1.97 bits per heavy atom. The molecule has 3 aliphatic rings. The SMILES string of the molecule is CNC(=O)COC(=O)N1CC(N2CCc3c(-c4cnc(N)nc4)nc(N4CCOCC4C)nc32)C1. The van der Waals surface area contributed by atoms with Crippen molar-refractivity contribution < 1.29 is 19.1 Å². The first-order valence-electron chi connectivity index (χ1n) is 11.7. The Morgan fingerprint density at radius 1 is 1.20 bits per heavy atom. The maximum atomic E-state index is 12.3. The minimum Gasteiger partial charge on any atom is -0.439 e. The fourth-order valence-corrected chi connectivity index (χ4v) is 4.57. The van der Waals surface area contributed by atoms with Gasteiger partial charge in [-0.15, -0.1) is 0 Å². The summed E-state index contributed by atoms with van der Waals surface area (Å²) < 4.78 is 10.7. The molecule has 1 atom stereocenters. The molecular formula is C22H29N9O4. The summed E-state index contributed by atoms with van der Waals surface area (Å²) >= 11 is 0. The van der Waals surface area contributed by atoms with Gasteiger partial charge in [0.2, 0.25) is 11.9 Å². The highest BCUT2D eigenvalue weighted by Crippen LogP contribution is 2.38. The molecule has 13 heteroatoms. The van der Waals surface area contributed by atoms with E-state index in [2.05, 4.69) is 32.0 Å². The molecule has 2 saturated heterocycles. The fourth-order valence-electron chi connectivity index (χ4n) is 4.57. The number of likely N-dealkylation sites (N-methyl/N-ethyl adjacent to an activating group) is 1. The van der Waals surface area contributed by atoms with Gasteiger partial charge in [0, 0.05) is 56.7 Å². The molecular weight excluding hydrogens is 454 g/mol. The monoisotopic (exact) mass is 483 g/mol. The third kappa shape index (κ3) is 4.50. The minimum atomic E-state index is -0.491. The smallest absolute Gasteiger partial charge is 0.410 e. The topological polar surface area (TPSA) is 152 Å². The van der Waals surface area contributed by atoms with E-state index >= 15 is 0 Å². The van der Waals surface area contributed by atoms with Crippen LogP contribution < -0.4 is 20.9 Å². The zero-order valence-corrected chi connectivity index (χ0v) is 19.8. The number of rotatable bonds is 5. The van der Waals surface area contributed by atoms with Gasteiger partial charge in [-0.3, -0.25) is 4.79 Å².